The number of nitrogens with zero attached hydrogens (tertiary/aromatic N) is 3. The number of carbonyl (C=O) groups is 1. The Balaban J connectivity index is 1.82. The van der Waals surface area contributed by atoms with Gasteiger partial charge in [0.15, 0.2) is 11.7 Å². The van der Waals surface area contributed by atoms with Gasteiger partial charge in [0.05, 0.1) is 23.4 Å². The molecule has 0 fully saturated rings. The summed E-state index contributed by atoms with van der Waals surface area (Å²) in [5.41, 5.74) is 0.651. The Kier molecular flexibility index (Phi) is 9.17. The van der Waals surface area contributed by atoms with E-state index in [1.165, 1.54) is 11.3 Å². The van der Waals surface area contributed by atoms with E-state index in [2.05, 4.69) is 18.7 Å². The first-order chi connectivity index (χ1) is 16.0. The molecule has 0 saturated carbocycles. The molecular formula is C24H30ClN3O4S. The number of anilines is 1. The largest absolute Gasteiger partial charge is 0.494 e. The van der Waals surface area contributed by atoms with Gasteiger partial charge >= 0.3 is 0 Å². The summed E-state index contributed by atoms with van der Waals surface area (Å²) in [6.45, 7) is 9.65. The van der Waals surface area contributed by atoms with Gasteiger partial charge in [-0.1, -0.05) is 36.8 Å². The fourth-order valence-electron chi connectivity index (χ4n) is 3.35. The summed E-state index contributed by atoms with van der Waals surface area (Å²) in [6.07, 6.45) is 0. The van der Waals surface area contributed by atoms with E-state index in [1.807, 2.05) is 19.1 Å². The molecule has 1 heterocycles. The maximum atomic E-state index is 13.3. The molecule has 0 spiro atoms. The van der Waals surface area contributed by atoms with E-state index in [9.17, 15) is 4.79 Å². The van der Waals surface area contributed by atoms with Crippen molar-refractivity contribution in [3.05, 3.63) is 41.4 Å². The summed E-state index contributed by atoms with van der Waals surface area (Å²) in [4.78, 5) is 21.9. The van der Waals surface area contributed by atoms with Gasteiger partial charge in [-0.15, -0.1) is 0 Å². The van der Waals surface area contributed by atoms with Gasteiger partial charge < -0.3 is 19.1 Å². The van der Waals surface area contributed by atoms with Gasteiger partial charge in [0.25, 0.3) is 5.91 Å². The van der Waals surface area contributed by atoms with Gasteiger partial charge in [0.1, 0.15) is 22.8 Å². The maximum absolute atomic E-state index is 13.3. The molecule has 0 aliphatic rings. The van der Waals surface area contributed by atoms with E-state index in [1.54, 1.807) is 36.3 Å². The number of ether oxygens (including phenoxy) is 3. The van der Waals surface area contributed by atoms with Crippen molar-refractivity contribution in [2.45, 2.75) is 20.8 Å². The predicted molar refractivity (Wildman–Crippen MR) is 134 cm³/mol. The summed E-state index contributed by atoms with van der Waals surface area (Å²) in [5, 5.41) is 1.15. The number of fused-ring (bicyclic) bond motifs is 1. The van der Waals surface area contributed by atoms with Crippen LogP contribution in [0.2, 0.25) is 5.02 Å². The number of thiazole rings is 1. The lowest BCUT2D eigenvalue weighted by atomic mass is 10.3. The number of rotatable bonds is 12. The Labute approximate surface area is 203 Å². The zero-order chi connectivity index (χ0) is 23.8. The van der Waals surface area contributed by atoms with Crippen molar-refractivity contribution in [3.63, 3.8) is 0 Å². The first-order valence-corrected chi connectivity index (χ1v) is 12.2. The summed E-state index contributed by atoms with van der Waals surface area (Å²) in [5.74, 6) is 1.81. The molecule has 3 rings (SSSR count). The third-order valence-electron chi connectivity index (χ3n) is 5.23. The normalized spacial score (nSPS) is 11.1. The van der Waals surface area contributed by atoms with Crippen molar-refractivity contribution in [1.29, 1.82) is 0 Å². The number of carbonyl (C=O) groups excluding carboxylic acids is 1. The highest BCUT2D eigenvalue weighted by Crippen LogP contribution is 2.38. The first kappa shape index (κ1) is 25.1. The molecule has 2 aromatic carbocycles. The van der Waals surface area contributed by atoms with E-state index >= 15 is 0 Å². The molecule has 1 amide bonds. The van der Waals surface area contributed by atoms with E-state index in [0.29, 0.717) is 40.3 Å². The molecule has 9 heteroatoms. The lowest BCUT2D eigenvalue weighted by Gasteiger charge is -2.24. The summed E-state index contributed by atoms with van der Waals surface area (Å²) >= 11 is 7.78. The maximum Gasteiger partial charge on any atom is 0.266 e. The topological polar surface area (TPSA) is 64.1 Å². The van der Waals surface area contributed by atoms with Crippen LogP contribution in [0.25, 0.3) is 10.2 Å². The van der Waals surface area contributed by atoms with Gasteiger partial charge in [-0.25, -0.2) is 4.98 Å². The zero-order valence-corrected chi connectivity index (χ0v) is 21.0. The molecule has 33 heavy (non-hydrogen) atoms. The van der Waals surface area contributed by atoms with E-state index in [4.69, 9.17) is 30.8 Å². The molecule has 0 bridgehead atoms. The third-order valence-corrected chi connectivity index (χ3v) is 6.77. The van der Waals surface area contributed by atoms with Crippen LogP contribution >= 0.6 is 22.9 Å². The van der Waals surface area contributed by atoms with Gasteiger partial charge in [0.2, 0.25) is 0 Å². The second kappa shape index (κ2) is 12.1. The minimum absolute atomic E-state index is 0.104. The number of hydrogen-bond donors (Lipinski definition) is 0. The van der Waals surface area contributed by atoms with Crippen molar-refractivity contribution in [2.75, 3.05) is 51.4 Å². The van der Waals surface area contributed by atoms with Gasteiger partial charge in [-0.05, 0) is 56.4 Å². The average Bonchev–Trinajstić information content (AvgIpc) is 3.28. The number of hydrogen-bond acceptors (Lipinski definition) is 7. The van der Waals surface area contributed by atoms with Gasteiger partial charge in [-0.3, -0.25) is 9.69 Å². The van der Waals surface area contributed by atoms with Crippen LogP contribution in [0.1, 0.15) is 20.8 Å². The van der Waals surface area contributed by atoms with Gasteiger partial charge in [0, 0.05) is 13.1 Å². The molecule has 0 N–H and O–H groups in total. The molecule has 0 saturated heterocycles. The van der Waals surface area contributed by atoms with Crippen molar-refractivity contribution in [2.24, 2.45) is 0 Å². The lowest BCUT2D eigenvalue weighted by molar-refractivity contribution is -0.120. The van der Waals surface area contributed by atoms with Crippen LogP contribution < -0.4 is 19.1 Å². The average molecular weight is 492 g/mol. The second-order valence-electron chi connectivity index (χ2n) is 7.19. The summed E-state index contributed by atoms with van der Waals surface area (Å²) in [6, 6.07) is 10.8. The van der Waals surface area contributed by atoms with Crippen molar-refractivity contribution in [3.8, 4) is 17.2 Å². The number of likely N-dealkylation sites (N-methyl/N-ethyl adjacent to an activating group) is 1. The summed E-state index contributed by atoms with van der Waals surface area (Å²) in [7, 11) is 1.59. The highest BCUT2D eigenvalue weighted by Gasteiger charge is 2.23. The van der Waals surface area contributed by atoms with Crippen LogP contribution in [-0.4, -0.2) is 62.3 Å². The van der Waals surface area contributed by atoms with E-state index < -0.39 is 0 Å². The van der Waals surface area contributed by atoms with Crippen LogP contribution in [0.4, 0.5) is 5.13 Å². The Bertz CT molecular complexity index is 1050. The molecule has 0 unspecified atom stereocenters. The molecule has 178 valence electrons. The minimum Gasteiger partial charge on any atom is -0.494 e. The van der Waals surface area contributed by atoms with E-state index in [0.717, 1.165) is 30.1 Å². The zero-order valence-electron chi connectivity index (χ0n) is 19.5. The van der Waals surface area contributed by atoms with Gasteiger partial charge in [-0.2, -0.15) is 0 Å². The number of aromatic nitrogens is 1. The Morgan fingerprint density at radius 2 is 1.67 bits per heavy atom. The quantitative estimate of drug-likeness (QED) is 0.351. The van der Waals surface area contributed by atoms with Crippen LogP contribution in [-0.2, 0) is 4.79 Å². The molecule has 3 aromatic rings. The summed E-state index contributed by atoms with van der Waals surface area (Å²) < 4.78 is 17.5. The molecule has 0 aliphatic heterocycles. The van der Waals surface area contributed by atoms with Crippen molar-refractivity contribution in [1.82, 2.24) is 9.88 Å². The first-order valence-electron chi connectivity index (χ1n) is 11.0. The minimum atomic E-state index is -0.176. The number of amides is 1. The SMILES string of the molecule is CCOc1ccc(OCC(=O)N(CCN(CC)CC)c2nc3c(OC)ccc(Cl)c3s2)cc1. The highest BCUT2D eigenvalue weighted by atomic mass is 35.5. The lowest BCUT2D eigenvalue weighted by Crippen LogP contribution is -2.41. The van der Waals surface area contributed by atoms with Crippen molar-refractivity contribution >= 4 is 44.2 Å². The smallest absolute Gasteiger partial charge is 0.266 e. The predicted octanol–water partition coefficient (Wildman–Crippen LogP) is 5.11. The molecule has 7 nitrogen and oxygen atoms in total. The fraction of sp³-hybridized carbons (Fsp3) is 0.417. The van der Waals surface area contributed by atoms with Crippen LogP contribution in [0.15, 0.2) is 36.4 Å². The molecule has 0 atom stereocenters. The Morgan fingerprint density at radius 1 is 1.00 bits per heavy atom. The second-order valence-corrected chi connectivity index (χ2v) is 8.57. The number of methoxy groups -OCH3 is 1. The molecular weight excluding hydrogens is 462 g/mol. The Hall–Kier alpha value is -2.55. The Morgan fingerprint density at radius 3 is 2.27 bits per heavy atom. The molecule has 0 aliphatic carbocycles. The monoisotopic (exact) mass is 491 g/mol. The molecule has 0 radical (unpaired) electrons. The van der Waals surface area contributed by atoms with Crippen LogP contribution in [0.3, 0.4) is 0 Å². The van der Waals surface area contributed by atoms with Crippen molar-refractivity contribution < 1.29 is 19.0 Å². The third kappa shape index (κ3) is 6.28. The molecule has 1 aromatic heterocycles. The number of halogens is 1. The standard InChI is InChI=1S/C24H30ClN3O4S/c1-5-27(6-2)14-15-28(21(29)16-32-18-10-8-17(9-11-18)31-7-3)24-26-22-20(30-4)13-12-19(25)23(22)33-24/h8-13H,5-7,14-16H2,1-4H3. The number of benzene rings is 2. The fourth-order valence-corrected chi connectivity index (χ4v) is 4.65. The van der Waals surface area contributed by atoms with Crippen LogP contribution in [0.5, 0.6) is 17.2 Å². The van der Waals surface area contributed by atoms with E-state index in [-0.39, 0.29) is 12.5 Å². The van der Waals surface area contributed by atoms with Crippen LogP contribution in [0, 0.1) is 0 Å². The highest BCUT2D eigenvalue weighted by molar-refractivity contribution is 7.23.